The molecular formula is C20H24F3N5O2. The number of guanidine groups is 1. The summed E-state index contributed by atoms with van der Waals surface area (Å²) in [6.45, 7) is 5.20. The molecule has 1 amide bonds. The molecule has 0 spiro atoms. The Morgan fingerprint density at radius 2 is 1.93 bits per heavy atom. The van der Waals surface area contributed by atoms with Crippen LogP contribution in [0.15, 0.2) is 45.8 Å². The first-order valence-corrected chi connectivity index (χ1v) is 9.62. The van der Waals surface area contributed by atoms with E-state index >= 15 is 0 Å². The molecular weight excluding hydrogens is 399 g/mol. The topological polar surface area (TPSA) is 87.1 Å². The van der Waals surface area contributed by atoms with E-state index in [1.54, 1.807) is 12.1 Å². The molecule has 10 heteroatoms. The van der Waals surface area contributed by atoms with E-state index < -0.39 is 17.6 Å². The van der Waals surface area contributed by atoms with Crippen LogP contribution in [0.4, 0.5) is 18.9 Å². The number of nitrogens with one attached hydrogen (secondary N) is 1. The highest BCUT2D eigenvalue weighted by Crippen LogP contribution is 2.31. The quantitative estimate of drug-likeness (QED) is 0.570. The second-order valence-corrected chi connectivity index (χ2v) is 6.82. The Morgan fingerprint density at radius 1 is 1.20 bits per heavy atom. The first-order chi connectivity index (χ1) is 14.3. The lowest BCUT2D eigenvalue weighted by atomic mass is 10.1. The SMILES string of the molecule is CCNC(=NCc1ccc(C(N)=O)o1)N1CCN(c2cccc(C(F)(F)F)c2)CC1. The van der Waals surface area contributed by atoms with E-state index in [0.29, 0.717) is 50.1 Å². The minimum atomic E-state index is -4.36. The maximum Gasteiger partial charge on any atom is 0.416 e. The van der Waals surface area contributed by atoms with Gasteiger partial charge in [-0.15, -0.1) is 0 Å². The molecule has 1 fully saturated rings. The number of benzene rings is 1. The van der Waals surface area contributed by atoms with E-state index in [4.69, 9.17) is 10.2 Å². The van der Waals surface area contributed by atoms with Crippen LogP contribution in [0.2, 0.25) is 0 Å². The van der Waals surface area contributed by atoms with E-state index in [2.05, 4.69) is 10.3 Å². The van der Waals surface area contributed by atoms with Crippen molar-refractivity contribution in [1.82, 2.24) is 10.2 Å². The molecule has 0 atom stereocenters. The van der Waals surface area contributed by atoms with E-state index in [-0.39, 0.29) is 12.3 Å². The highest BCUT2D eigenvalue weighted by atomic mass is 19.4. The summed E-state index contributed by atoms with van der Waals surface area (Å²) in [5.74, 6) is 0.641. The molecule has 7 nitrogen and oxygen atoms in total. The number of carbonyl (C=O) groups is 1. The van der Waals surface area contributed by atoms with Gasteiger partial charge >= 0.3 is 6.18 Å². The zero-order valence-electron chi connectivity index (χ0n) is 16.6. The highest BCUT2D eigenvalue weighted by molar-refractivity contribution is 5.89. The molecule has 0 radical (unpaired) electrons. The Morgan fingerprint density at radius 3 is 2.53 bits per heavy atom. The van der Waals surface area contributed by atoms with Gasteiger partial charge in [-0.2, -0.15) is 13.2 Å². The molecule has 2 aromatic rings. The first kappa shape index (κ1) is 21.5. The van der Waals surface area contributed by atoms with Gasteiger partial charge in [0.1, 0.15) is 12.3 Å². The van der Waals surface area contributed by atoms with Gasteiger partial charge in [0.2, 0.25) is 0 Å². The third-order valence-electron chi connectivity index (χ3n) is 4.74. The number of aliphatic imine (C=N–C) groups is 1. The molecule has 0 unspecified atom stereocenters. The third kappa shape index (κ3) is 5.25. The maximum atomic E-state index is 13.0. The van der Waals surface area contributed by atoms with E-state index in [1.165, 1.54) is 18.2 Å². The number of hydrogen-bond donors (Lipinski definition) is 2. The Kier molecular flexibility index (Phi) is 6.53. The zero-order chi connectivity index (χ0) is 21.7. The number of nitrogens with two attached hydrogens (primary N) is 1. The zero-order valence-corrected chi connectivity index (χ0v) is 16.6. The molecule has 1 saturated heterocycles. The molecule has 30 heavy (non-hydrogen) atoms. The van der Waals surface area contributed by atoms with Crippen LogP contribution in [-0.4, -0.2) is 49.5 Å². The van der Waals surface area contributed by atoms with Crippen molar-refractivity contribution in [3.63, 3.8) is 0 Å². The van der Waals surface area contributed by atoms with Crippen LogP contribution in [-0.2, 0) is 12.7 Å². The van der Waals surface area contributed by atoms with E-state index in [1.807, 2.05) is 16.7 Å². The number of furan rings is 1. The van der Waals surface area contributed by atoms with Gasteiger partial charge in [-0.1, -0.05) is 6.07 Å². The number of carbonyl (C=O) groups excluding carboxylic acids is 1. The number of amides is 1. The average molecular weight is 423 g/mol. The molecule has 3 rings (SSSR count). The Balaban J connectivity index is 1.64. The number of hydrogen-bond acceptors (Lipinski definition) is 4. The van der Waals surface area contributed by atoms with Gasteiger partial charge in [-0.25, -0.2) is 4.99 Å². The number of rotatable bonds is 5. The lowest BCUT2D eigenvalue weighted by molar-refractivity contribution is -0.137. The average Bonchev–Trinajstić information content (AvgIpc) is 3.20. The summed E-state index contributed by atoms with van der Waals surface area (Å²) in [4.78, 5) is 19.7. The Labute approximate surface area is 172 Å². The van der Waals surface area contributed by atoms with Crippen LogP contribution >= 0.6 is 0 Å². The standard InChI is InChI=1S/C20H24F3N5O2/c1-2-25-19(26-13-16-6-7-17(30-16)18(24)29)28-10-8-27(9-11-28)15-5-3-4-14(12-15)20(21,22)23/h3-7,12H,2,8-11,13H2,1H3,(H2,24,29)(H,25,26). The van der Waals surface area contributed by atoms with Crippen LogP contribution in [0, 0.1) is 0 Å². The monoisotopic (exact) mass is 423 g/mol. The van der Waals surface area contributed by atoms with Gasteiger partial charge in [-0.05, 0) is 37.3 Å². The number of primary amides is 1. The normalized spacial score (nSPS) is 15.4. The lowest BCUT2D eigenvalue weighted by Crippen LogP contribution is -2.52. The molecule has 2 heterocycles. The molecule has 3 N–H and O–H groups in total. The molecule has 1 aliphatic rings. The first-order valence-electron chi connectivity index (χ1n) is 9.62. The van der Waals surface area contributed by atoms with Gasteiger partial charge in [-0.3, -0.25) is 4.79 Å². The van der Waals surface area contributed by atoms with Gasteiger partial charge < -0.3 is 25.3 Å². The van der Waals surface area contributed by atoms with Crippen molar-refractivity contribution in [2.24, 2.45) is 10.7 Å². The van der Waals surface area contributed by atoms with Gasteiger partial charge in [0.25, 0.3) is 5.91 Å². The predicted molar refractivity (Wildman–Crippen MR) is 107 cm³/mol. The number of anilines is 1. The molecule has 0 aliphatic carbocycles. The largest absolute Gasteiger partial charge is 0.454 e. The molecule has 162 valence electrons. The second kappa shape index (κ2) is 9.10. The predicted octanol–water partition coefficient (Wildman–Crippen LogP) is 2.69. The van der Waals surface area contributed by atoms with Crippen molar-refractivity contribution in [2.75, 3.05) is 37.6 Å². The summed E-state index contributed by atoms with van der Waals surface area (Å²) in [5, 5.41) is 3.21. The summed E-state index contributed by atoms with van der Waals surface area (Å²) in [7, 11) is 0. The summed E-state index contributed by atoms with van der Waals surface area (Å²) in [5.41, 5.74) is 5.09. The van der Waals surface area contributed by atoms with Crippen molar-refractivity contribution >= 4 is 17.6 Å². The number of nitrogens with zero attached hydrogens (tertiary/aromatic N) is 3. The fraction of sp³-hybridized carbons (Fsp3) is 0.400. The smallest absolute Gasteiger partial charge is 0.416 e. The fourth-order valence-electron chi connectivity index (χ4n) is 3.23. The van der Waals surface area contributed by atoms with E-state index in [0.717, 1.165) is 6.07 Å². The van der Waals surface area contributed by atoms with E-state index in [9.17, 15) is 18.0 Å². The van der Waals surface area contributed by atoms with Gasteiger partial charge in [0.05, 0.1) is 5.56 Å². The maximum absolute atomic E-state index is 13.0. The summed E-state index contributed by atoms with van der Waals surface area (Å²) < 4.78 is 44.3. The molecule has 1 aliphatic heterocycles. The van der Waals surface area contributed by atoms with Crippen molar-refractivity contribution < 1.29 is 22.4 Å². The van der Waals surface area contributed by atoms with Crippen LogP contribution in [0.3, 0.4) is 0 Å². The minimum absolute atomic E-state index is 0.0832. The van der Waals surface area contributed by atoms with Crippen LogP contribution in [0.5, 0.6) is 0 Å². The summed E-state index contributed by atoms with van der Waals surface area (Å²) in [6.07, 6.45) is -4.36. The fourth-order valence-corrected chi connectivity index (χ4v) is 3.23. The van der Waals surface area contributed by atoms with Crippen molar-refractivity contribution in [3.8, 4) is 0 Å². The van der Waals surface area contributed by atoms with Crippen LogP contribution in [0.1, 0.15) is 28.8 Å². The lowest BCUT2D eigenvalue weighted by Gasteiger charge is -2.37. The van der Waals surface area contributed by atoms with Crippen LogP contribution in [0.25, 0.3) is 0 Å². The van der Waals surface area contributed by atoms with Crippen molar-refractivity contribution in [2.45, 2.75) is 19.6 Å². The Hall–Kier alpha value is -3.17. The molecule has 1 aromatic heterocycles. The number of piperazine rings is 1. The minimum Gasteiger partial charge on any atom is -0.454 e. The number of halogens is 3. The van der Waals surface area contributed by atoms with Gasteiger partial charge in [0.15, 0.2) is 11.7 Å². The summed E-state index contributed by atoms with van der Waals surface area (Å²) in [6, 6.07) is 8.54. The van der Waals surface area contributed by atoms with Crippen molar-refractivity contribution in [1.29, 1.82) is 0 Å². The second-order valence-electron chi connectivity index (χ2n) is 6.82. The molecule has 0 saturated carbocycles. The summed E-state index contributed by atoms with van der Waals surface area (Å²) >= 11 is 0. The molecule has 1 aromatic carbocycles. The van der Waals surface area contributed by atoms with Crippen LogP contribution < -0.4 is 16.0 Å². The third-order valence-corrected chi connectivity index (χ3v) is 4.74. The highest BCUT2D eigenvalue weighted by Gasteiger charge is 2.31. The van der Waals surface area contributed by atoms with Crippen molar-refractivity contribution in [3.05, 3.63) is 53.5 Å². The molecule has 0 bridgehead atoms. The Bertz CT molecular complexity index is 902. The van der Waals surface area contributed by atoms with Gasteiger partial charge in [0, 0.05) is 38.4 Å². The number of alkyl halides is 3.